The molecule has 35 heavy (non-hydrogen) atoms. The largest absolute Gasteiger partial charge is 0.326 e. The fourth-order valence-electron chi connectivity index (χ4n) is 3.74. The second kappa shape index (κ2) is 11.7. The molecular weight excluding hydrogens is 466 g/mol. The van der Waals surface area contributed by atoms with Crippen LogP contribution in [-0.4, -0.2) is 59.4 Å². The van der Waals surface area contributed by atoms with E-state index in [1.807, 2.05) is 18.3 Å². The Hall–Kier alpha value is -3.60. The zero-order valence-corrected chi connectivity index (χ0v) is 20.3. The molecule has 1 aliphatic rings. The highest BCUT2D eigenvalue weighted by atomic mass is 32.2. The van der Waals surface area contributed by atoms with E-state index in [0.29, 0.717) is 24.4 Å². The summed E-state index contributed by atoms with van der Waals surface area (Å²) in [6.45, 7) is 2.37. The summed E-state index contributed by atoms with van der Waals surface area (Å²) < 4.78 is 0. The number of amides is 3. The summed E-state index contributed by atoms with van der Waals surface area (Å²) in [6.07, 6.45) is 6.10. The zero-order chi connectivity index (χ0) is 24.6. The highest BCUT2D eigenvalue weighted by molar-refractivity contribution is 8.15. The number of rotatable bonds is 11. The van der Waals surface area contributed by atoms with Crippen molar-refractivity contribution in [3.05, 3.63) is 53.9 Å². The summed E-state index contributed by atoms with van der Waals surface area (Å²) >= 11 is 1.04. The third-order valence-electron chi connectivity index (χ3n) is 5.68. The number of benzene rings is 1. The number of aromatic amines is 1. The number of nitrogens with one attached hydrogen (secondary N) is 2. The standard InChI is InChI=1S/C24H27N7O3S/c1-2-3-5-16-7-10-19(25-15-16)14-20-23(33)31(24(34)35-20)13-4-6-21(32)26-18-11-8-17(9-12-18)22-27-29-30-28-22/h7-12,15,20H,2-6,13-14H2,1H3,(H,26,32)(H,27,28,29,30). The van der Waals surface area contributed by atoms with Crippen molar-refractivity contribution < 1.29 is 14.4 Å². The molecule has 182 valence electrons. The lowest BCUT2D eigenvalue weighted by Gasteiger charge is -2.14. The fourth-order valence-corrected chi connectivity index (χ4v) is 4.77. The number of pyridine rings is 1. The Kier molecular flexibility index (Phi) is 8.19. The van der Waals surface area contributed by atoms with Gasteiger partial charge in [0, 0.05) is 42.5 Å². The number of anilines is 1. The zero-order valence-electron chi connectivity index (χ0n) is 19.4. The normalized spacial score (nSPS) is 15.6. The lowest BCUT2D eigenvalue weighted by atomic mass is 10.1. The number of carbonyl (C=O) groups excluding carboxylic acids is 3. The summed E-state index contributed by atoms with van der Waals surface area (Å²) in [5.74, 6) is 0.142. The first-order valence-electron chi connectivity index (χ1n) is 11.6. The number of carbonyl (C=O) groups is 3. The number of aryl methyl sites for hydroxylation is 1. The van der Waals surface area contributed by atoms with Crippen molar-refractivity contribution >= 4 is 34.5 Å². The third kappa shape index (κ3) is 6.50. The summed E-state index contributed by atoms with van der Waals surface area (Å²) in [6, 6.07) is 11.1. The van der Waals surface area contributed by atoms with Gasteiger partial charge in [-0.25, -0.2) is 5.10 Å². The molecule has 2 aromatic heterocycles. The van der Waals surface area contributed by atoms with Gasteiger partial charge in [0.2, 0.25) is 11.8 Å². The highest BCUT2D eigenvalue weighted by Crippen LogP contribution is 2.29. The Balaban J connectivity index is 1.22. The predicted octanol–water partition coefficient (Wildman–Crippen LogP) is 3.63. The average Bonchev–Trinajstić information content (AvgIpc) is 3.49. The minimum atomic E-state index is -0.469. The second-order valence-electron chi connectivity index (χ2n) is 8.31. The molecule has 4 rings (SSSR count). The first-order valence-corrected chi connectivity index (χ1v) is 12.5. The molecule has 0 bridgehead atoms. The van der Waals surface area contributed by atoms with Gasteiger partial charge in [-0.1, -0.05) is 31.2 Å². The lowest BCUT2D eigenvalue weighted by Crippen LogP contribution is -2.33. The van der Waals surface area contributed by atoms with Crippen LogP contribution in [0.5, 0.6) is 0 Å². The van der Waals surface area contributed by atoms with Crippen LogP contribution in [0.25, 0.3) is 11.4 Å². The minimum Gasteiger partial charge on any atom is -0.326 e. The maximum atomic E-state index is 12.8. The van der Waals surface area contributed by atoms with E-state index >= 15 is 0 Å². The molecule has 1 atom stereocenters. The predicted molar refractivity (Wildman–Crippen MR) is 133 cm³/mol. The molecule has 1 aliphatic heterocycles. The molecule has 0 spiro atoms. The Morgan fingerprint density at radius 1 is 1.14 bits per heavy atom. The Labute approximate surface area is 207 Å². The third-order valence-corrected chi connectivity index (χ3v) is 6.75. The summed E-state index contributed by atoms with van der Waals surface area (Å²) in [5.41, 5.74) is 3.42. The molecule has 3 heterocycles. The van der Waals surface area contributed by atoms with Crippen LogP contribution in [0.15, 0.2) is 42.6 Å². The average molecular weight is 494 g/mol. The molecule has 3 amide bonds. The molecule has 11 heteroatoms. The number of imide groups is 1. The van der Waals surface area contributed by atoms with Crippen molar-refractivity contribution in [2.75, 3.05) is 11.9 Å². The van der Waals surface area contributed by atoms with Gasteiger partial charge >= 0.3 is 0 Å². The van der Waals surface area contributed by atoms with Crippen LogP contribution in [0.1, 0.15) is 43.9 Å². The van der Waals surface area contributed by atoms with E-state index in [2.05, 4.69) is 37.8 Å². The number of thioether (sulfide) groups is 1. The molecule has 3 aromatic rings. The van der Waals surface area contributed by atoms with E-state index in [4.69, 9.17) is 0 Å². The van der Waals surface area contributed by atoms with Crippen LogP contribution in [0.2, 0.25) is 0 Å². The lowest BCUT2D eigenvalue weighted by molar-refractivity contribution is -0.127. The van der Waals surface area contributed by atoms with Gasteiger partial charge in [-0.2, -0.15) is 0 Å². The smallest absolute Gasteiger partial charge is 0.289 e. The number of nitrogens with zero attached hydrogens (tertiary/aromatic N) is 5. The number of aromatic nitrogens is 5. The van der Waals surface area contributed by atoms with E-state index in [9.17, 15) is 14.4 Å². The van der Waals surface area contributed by atoms with Crippen molar-refractivity contribution in [2.45, 2.75) is 50.7 Å². The molecule has 0 saturated carbocycles. The van der Waals surface area contributed by atoms with Crippen molar-refractivity contribution in [1.29, 1.82) is 0 Å². The van der Waals surface area contributed by atoms with Gasteiger partial charge in [0.25, 0.3) is 5.24 Å². The van der Waals surface area contributed by atoms with Crippen LogP contribution >= 0.6 is 11.8 Å². The first-order chi connectivity index (χ1) is 17.0. The van der Waals surface area contributed by atoms with Crippen molar-refractivity contribution in [1.82, 2.24) is 30.5 Å². The van der Waals surface area contributed by atoms with E-state index in [0.717, 1.165) is 42.3 Å². The van der Waals surface area contributed by atoms with Crippen molar-refractivity contribution in [3.63, 3.8) is 0 Å². The number of unbranched alkanes of at least 4 members (excludes halogenated alkanes) is 1. The van der Waals surface area contributed by atoms with E-state index in [1.54, 1.807) is 24.3 Å². The van der Waals surface area contributed by atoms with Crippen LogP contribution in [0, 0.1) is 0 Å². The number of H-pyrrole nitrogens is 1. The van der Waals surface area contributed by atoms with Gasteiger partial charge in [-0.15, -0.1) is 5.10 Å². The van der Waals surface area contributed by atoms with Crippen LogP contribution in [-0.2, 0) is 22.4 Å². The minimum absolute atomic E-state index is 0.185. The summed E-state index contributed by atoms with van der Waals surface area (Å²) in [7, 11) is 0. The number of tetrazole rings is 1. The van der Waals surface area contributed by atoms with Crippen molar-refractivity contribution in [3.8, 4) is 11.4 Å². The number of hydrogen-bond donors (Lipinski definition) is 2. The fraction of sp³-hybridized carbons (Fsp3) is 0.375. The molecule has 1 unspecified atom stereocenters. The molecule has 0 aliphatic carbocycles. The van der Waals surface area contributed by atoms with Gasteiger partial charge in [0.15, 0.2) is 5.82 Å². The van der Waals surface area contributed by atoms with Crippen LogP contribution < -0.4 is 5.32 Å². The van der Waals surface area contributed by atoms with Gasteiger partial charge < -0.3 is 5.32 Å². The molecule has 1 fully saturated rings. The van der Waals surface area contributed by atoms with Crippen molar-refractivity contribution in [2.24, 2.45) is 0 Å². The Morgan fingerprint density at radius 2 is 1.97 bits per heavy atom. The molecular formula is C24H27N7O3S. The monoisotopic (exact) mass is 493 g/mol. The van der Waals surface area contributed by atoms with E-state index in [-0.39, 0.29) is 30.0 Å². The molecule has 2 N–H and O–H groups in total. The Morgan fingerprint density at radius 3 is 2.66 bits per heavy atom. The topological polar surface area (TPSA) is 134 Å². The number of hydrogen-bond acceptors (Lipinski definition) is 8. The van der Waals surface area contributed by atoms with Gasteiger partial charge in [-0.05, 0) is 65.6 Å². The Bertz CT molecular complexity index is 1150. The quantitative estimate of drug-likeness (QED) is 0.414. The molecule has 1 saturated heterocycles. The molecule has 1 aromatic carbocycles. The van der Waals surface area contributed by atoms with Crippen LogP contribution in [0.4, 0.5) is 10.5 Å². The van der Waals surface area contributed by atoms with E-state index in [1.165, 1.54) is 10.5 Å². The maximum absolute atomic E-state index is 12.8. The van der Waals surface area contributed by atoms with Gasteiger partial charge in [0.1, 0.15) is 0 Å². The maximum Gasteiger partial charge on any atom is 0.289 e. The van der Waals surface area contributed by atoms with Gasteiger partial charge in [0.05, 0.1) is 5.25 Å². The first kappa shape index (κ1) is 24.5. The van der Waals surface area contributed by atoms with Gasteiger partial charge in [-0.3, -0.25) is 24.3 Å². The second-order valence-corrected chi connectivity index (χ2v) is 9.46. The summed E-state index contributed by atoms with van der Waals surface area (Å²) in [4.78, 5) is 43.2. The van der Waals surface area contributed by atoms with Crippen LogP contribution in [0.3, 0.4) is 0 Å². The summed E-state index contributed by atoms with van der Waals surface area (Å²) in [5, 5.41) is 15.7. The molecule has 10 nitrogen and oxygen atoms in total. The SMILES string of the molecule is CCCCc1ccc(CC2SC(=O)N(CCCC(=O)Nc3ccc(-c4nnn[nH]4)cc3)C2=O)nc1. The highest BCUT2D eigenvalue weighted by Gasteiger charge is 2.39. The van der Waals surface area contributed by atoms with E-state index < -0.39 is 5.25 Å². The molecule has 0 radical (unpaired) electrons.